The summed E-state index contributed by atoms with van der Waals surface area (Å²) in [5, 5.41) is 10.1. The molecule has 1 atom stereocenters. The lowest BCUT2D eigenvalue weighted by Gasteiger charge is -2.36. The summed E-state index contributed by atoms with van der Waals surface area (Å²) in [6, 6.07) is 5.48. The topological polar surface area (TPSA) is 20.2 Å². The van der Waals surface area contributed by atoms with Crippen molar-refractivity contribution in [2.24, 2.45) is 0 Å². The van der Waals surface area contributed by atoms with Crippen LogP contribution in [-0.4, -0.2) is 23.1 Å². The van der Waals surface area contributed by atoms with E-state index in [1.165, 1.54) is 18.2 Å². The normalized spacial score (nSPS) is 16.3. The molecule has 0 aromatic heterocycles. The van der Waals surface area contributed by atoms with Crippen molar-refractivity contribution in [2.45, 2.75) is 56.7 Å². The van der Waals surface area contributed by atoms with Crippen LogP contribution in [0.3, 0.4) is 0 Å². The molecule has 0 fully saturated rings. The molecule has 0 saturated heterocycles. The largest absolute Gasteiger partial charge is 0.431 e. The molecule has 0 spiro atoms. The van der Waals surface area contributed by atoms with E-state index < -0.39 is 30.0 Å². The van der Waals surface area contributed by atoms with Crippen LogP contribution in [-0.2, 0) is 12.0 Å². The van der Waals surface area contributed by atoms with E-state index in [2.05, 4.69) is 0 Å². The first kappa shape index (κ1) is 19.7. The van der Waals surface area contributed by atoms with E-state index in [1.807, 2.05) is 6.92 Å². The van der Waals surface area contributed by atoms with E-state index in [9.17, 15) is 35.8 Å². The Morgan fingerprint density at radius 1 is 0.957 bits per heavy atom. The Morgan fingerprint density at radius 3 is 1.91 bits per heavy atom. The second-order valence-corrected chi connectivity index (χ2v) is 5.70. The van der Waals surface area contributed by atoms with E-state index in [-0.39, 0.29) is 5.56 Å². The number of aryl methyl sites for hydroxylation is 1. The van der Waals surface area contributed by atoms with Gasteiger partial charge in [0.15, 0.2) is 0 Å². The van der Waals surface area contributed by atoms with E-state index in [1.54, 1.807) is 6.07 Å². The molecule has 0 heterocycles. The Bertz CT molecular complexity index is 517. The fraction of sp³-hybridized carbons (Fsp3) is 0.600. The molecule has 1 aromatic carbocycles. The van der Waals surface area contributed by atoms with Crippen molar-refractivity contribution in [1.29, 1.82) is 0 Å². The summed E-state index contributed by atoms with van der Waals surface area (Å²) in [4.78, 5) is 0. The SMILES string of the molecule is CCCc1cccc(C(C)(O)CC(F)(C(F)(F)F)C(F)(F)F)c1. The lowest BCUT2D eigenvalue weighted by molar-refractivity contribution is -0.352. The minimum absolute atomic E-state index is 0.195. The van der Waals surface area contributed by atoms with Gasteiger partial charge in [0, 0.05) is 6.42 Å². The lowest BCUT2D eigenvalue weighted by Crippen LogP contribution is -2.56. The van der Waals surface area contributed by atoms with E-state index in [4.69, 9.17) is 0 Å². The average Bonchev–Trinajstić information content (AvgIpc) is 2.36. The summed E-state index contributed by atoms with van der Waals surface area (Å²) in [7, 11) is 0. The zero-order valence-electron chi connectivity index (χ0n) is 12.5. The quantitative estimate of drug-likeness (QED) is 0.738. The zero-order valence-corrected chi connectivity index (χ0v) is 12.5. The average molecular weight is 346 g/mol. The molecular formula is C15H17F7O. The molecule has 0 aliphatic heterocycles. The predicted octanol–water partition coefficient (Wildman–Crippen LogP) is 5.07. The third-order valence-electron chi connectivity index (χ3n) is 3.57. The van der Waals surface area contributed by atoms with Gasteiger partial charge in [-0.3, -0.25) is 0 Å². The van der Waals surface area contributed by atoms with Crippen molar-refractivity contribution in [2.75, 3.05) is 0 Å². The van der Waals surface area contributed by atoms with Gasteiger partial charge in [-0.15, -0.1) is 0 Å². The second kappa shape index (κ2) is 6.30. The van der Waals surface area contributed by atoms with Crippen LogP contribution in [0.25, 0.3) is 0 Å². The van der Waals surface area contributed by atoms with Crippen molar-refractivity contribution in [1.82, 2.24) is 0 Å². The maximum atomic E-state index is 13.8. The number of halogens is 7. The lowest BCUT2D eigenvalue weighted by atomic mass is 9.82. The molecule has 0 aliphatic carbocycles. The van der Waals surface area contributed by atoms with Crippen LogP contribution < -0.4 is 0 Å². The Labute approximate surface area is 129 Å². The summed E-state index contributed by atoms with van der Waals surface area (Å²) in [5.41, 5.74) is -7.69. The van der Waals surface area contributed by atoms with Crippen molar-refractivity contribution < 1.29 is 35.8 Å². The molecule has 0 aliphatic rings. The molecule has 0 amide bonds. The molecule has 8 heteroatoms. The first-order chi connectivity index (χ1) is 10.2. The highest BCUT2D eigenvalue weighted by atomic mass is 19.4. The number of aliphatic hydroxyl groups is 1. The number of hydrogen-bond donors (Lipinski definition) is 1. The van der Waals surface area contributed by atoms with Crippen LogP contribution in [0.4, 0.5) is 30.7 Å². The molecule has 0 bridgehead atoms. The Kier molecular flexibility index (Phi) is 5.40. The monoisotopic (exact) mass is 346 g/mol. The van der Waals surface area contributed by atoms with Gasteiger partial charge in [0.25, 0.3) is 0 Å². The van der Waals surface area contributed by atoms with Gasteiger partial charge < -0.3 is 5.11 Å². The van der Waals surface area contributed by atoms with Gasteiger partial charge in [-0.2, -0.15) is 26.3 Å². The molecule has 132 valence electrons. The van der Waals surface area contributed by atoms with Crippen LogP contribution in [0, 0.1) is 0 Å². The number of rotatable bonds is 5. The van der Waals surface area contributed by atoms with Crippen LogP contribution >= 0.6 is 0 Å². The van der Waals surface area contributed by atoms with Gasteiger partial charge in [0.2, 0.25) is 0 Å². The van der Waals surface area contributed by atoms with Crippen LogP contribution in [0.15, 0.2) is 24.3 Å². The van der Waals surface area contributed by atoms with Gasteiger partial charge in [-0.05, 0) is 24.5 Å². The summed E-state index contributed by atoms with van der Waals surface area (Å²) >= 11 is 0. The zero-order chi connectivity index (χ0) is 18.1. The molecule has 0 radical (unpaired) electrons. The highest BCUT2D eigenvalue weighted by molar-refractivity contribution is 5.28. The predicted molar refractivity (Wildman–Crippen MR) is 70.6 cm³/mol. The summed E-state index contributed by atoms with van der Waals surface area (Å²) in [5.74, 6) is 0. The van der Waals surface area contributed by atoms with E-state index in [0.29, 0.717) is 18.4 Å². The molecule has 1 unspecified atom stereocenters. The van der Waals surface area contributed by atoms with Crippen molar-refractivity contribution >= 4 is 0 Å². The molecule has 1 N–H and O–H groups in total. The molecule has 1 nitrogen and oxygen atoms in total. The summed E-state index contributed by atoms with van der Waals surface area (Å²) < 4.78 is 89.7. The molecule has 23 heavy (non-hydrogen) atoms. The third kappa shape index (κ3) is 4.16. The van der Waals surface area contributed by atoms with Crippen molar-refractivity contribution in [3.63, 3.8) is 0 Å². The van der Waals surface area contributed by atoms with Gasteiger partial charge in [0.05, 0.1) is 5.60 Å². The highest BCUT2D eigenvalue weighted by Gasteiger charge is 2.73. The van der Waals surface area contributed by atoms with E-state index >= 15 is 0 Å². The van der Waals surface area contributed by atoms with Gasteiger partial charge >= 0.3 is 18.0 Å². The van der Waals surface area contributed by atoms with Crippen LogP contribution in [0.1, 0.15) is 37.8 Å². The molecule has 0 saturated carbocycles. The number of alkyl halides is 7. The fourth-order valence-electron chi connectivity index (χ4n) is 2.29. The Hall–Kier alpha value is -1.31. The fourth-order valence-corrected chi connectivity index (χ4v) is 2.29. The summed E-state index contributed by atoms with van der Waals surface area (Å²) in [6.45, 7) is 2.58. The Morgan fingerprint density at radius 2 is 1.48 bits per heavy atom. The van der Waals surface area contributed by atoms with Crippen LogP contribution in [0.5, 0.6) is 0 Å². The maximum Gasteiger partial charge on any atom is 0.431 e. The van der Waals surface area contributed by atoms with E-state index in [0.717, 1.165) is 6.92 Å². The maximum absolute atomic E-state index is 13.8. The van der Waals surface area contributed by atoms with Crippen molar-refractivity contribution in [3.8, 4) is 0 Å². The first-order valence-corrected chi connectivity index (χ1v) is 6.89. The smallest absolute Gasteiger partial charge is 0.385 e. The first-order valence-electron chi connectivity index (χ1n) is 6.89. The minimum atomic E-state index is -6.18. The van der Waals surface area contributed by atoms with Gasteiger partial charge in [-0.1, -0.05) is 37.6 Å². The second-order valence-electron chi connectivity index (χ2n) is 5.70. The van der Waals surface area contributed by atoms with Gasteiger partial charge in [-0.25, -0.2) is 4.39 Å². The molecule has 1 aromatic rings. The number of benzene rings is 1. The summed E-state index contributed by atoms with van der Waals surface area (Å²) in [6.07, 6.45) is -13.3. The molecular weight excluding hydrogens is 329 g/mol. The highest BCUT2D eigenvalue weighted by Crippen LogP contribution is 2.51. The number of hydrogen-bond acceptors (Lipinski definition) is 1. The standard InChI is InChI=1S/C15H17F7O/c1-3-5-10-6-4-7-11(8-10)12(2,23)9-13(16,14(17,18)19)15(20,21)22/h4,6-8,23H,3,5,9H2,1-2H3. The minimum Gasteiger partial charge on any atom is -0.385 e. The Balaban J connectivity index is 3.24. The van der Waals surface area contributed by atoms with Crippen molar-refractivity contribution in [3.05, 3.63) is 35.4 Å². The molecule has 1 rings (SSSR count). The van der Waals surface area contributed by atoms with Gasteiger partial charge in [0.1, 0.15) is 0 Å². The third-order valence-corrected chi connectivity index (χ3v) is 3.57. The van der Waals surface area contributed by atoms with Crippen LogP contribution in [0.2, 0.25) is 0 Å².